The van der Waals surface area contributed by atoms with E-state index in [1.54, 1.807) is 32.1 Å². The highest BCUT2D eigenvalue weighted by molar-refractivity contribution is 7.89. The van der Waals surface area contributed by atoms with Gasteiger partial charge in [-0.1, -0.05) is 25.1 Å². The summed E-state index contributed by atoms with van der Waals surface area (Å²) in [6.07, 6.45) is 2.90. The number of fused-ring (bicyclic) bond motifs is 1. The predicted octanol–water partition coefficient (Wildman–Crippen LogP) is 2.95. The summed E-state index contributed by atoms with van der Waals surface area (Å²) in [5.74, 6) is -0.862. The normalized spacial score (nSPS) is 21.8. The molecule has 0 saturated carbocycles. The quantitative estimate of drug-likeness (QED) is 0.595. The van der Waals surface area contributed by atoms with E-state index in [0.717, 1.165) is 22.0 Å². The molecule has 3 atom stereocenters. The van der Waals surface area contributed by atoms with E-state index in [2.05, 4.69) is 0 Å². The lowest BCUT2D eigenvalue weighted by atomic mass is 10.0. The Morgan fingerprint density at radius 1 is 1.26 bits per heavy atom. The predicted molar refractivity (Wildman–Crippen MR) is 131 cm³/mol. The molecule has 0 amide bonds. The number of ether oxygens (including phenoxy) is 1. The standard InChI is InChI=1S/C24H31FN2O6S2/c1-5-6-19-7-12-24-22(13-19)33-23(17(2)14-27(18(3)16-28)35(24,31)32)15-26(4)34(29,30)21-10-8-20(25)9-11-21/h5-13,17-18,23,28H,14-16H2,1-4H3/t17-,18+,23-/m1/s1. The van der Waals surface area contributed by atoms with Crippen molar-refractivity contribution in [1.82, 2.24) is 8.61 Å². The largest absolute Gasteiger partial charge is 0.487 e. The lowest BCUT2D eigenvalue weighted by molar-refractivity contribution is 0.0904. The molecule has 1 aliphatic rings. The summed E-state index contributed by atoms with van der Waals surface area (Å²) in [4.78, 5) is -0.110. The van der Waals surface area contributed by atoms with Gasteiger partial charge >= 0.3 is 0 Å². The molecule has 2 aromatic carbocycles. The second-order valence-corrected chi connectivity index (χ2v) is 12.6. The van der Waals surface area contributed by atoms with E-state index in [-0.39, 0.29) is 35.2 Å². The van der Waals surface area contributed by atoms with E-state index in [9.17, 15) is 26.3 Å². The number of benzene rings is 2. The Bertz CT molecular complexity index is 1280. The number of rotatable bonds is 7. The molecule has 0 spiro atoms. The molecule has 1 aliphatic heterocycles. The van der Waals surface area contributed by atoms with Gasteiger partial charge in [0.15, 0.2) is 0 Å². The van der Waals surface area contributed by atoms with Crippen LogP contribution in [0.15, 0.2) is 58.3 Å². The van der Waals surface area contributed by atoms with Gasteiger partial charge in [-0.05, 0) is 55.8 Å². The van der Waals surface area contributed by atoms with Gasteiger partial charge in [0.05, 0.1) is 18.0 Å². The van der Waals surface area contributed by atoms with Gasteiger partial charge in [-0.3, -0.25) is 0 Å². The van der Waals surface area contributed by atoms with Crippen molar-refractivity contribution >= 4 is 26.1 Å². The van der Waals surface area contributed by atoms with Crippen LogP contribution >= 0.6 is 0 Å². The number of aliphatic hydroxyl groups is 1. The topological polar surface area (TPSA) is 104 Å². The van der Waals surface area contributed by atoms with Gasteiger partial charge in [0.2, 0.25) is 20.0 Å². The van der Waals surface area contributed by atoms with Crippen molar-refractivity contribution in [1.29, 1.82) is 0 Å². The van der Waals surface area contributed by atoms with Crippen LogP contribution in [0.25, 0.3) is 6.08 Å². The number of sulfonamides is 2. The van der Waals surface area contributed by atoms with E-state index >= 15 is 0 Å². The van der Waals surface area contributed by atoms with Crippen molar-refractivity contribution in [3.63, 3.8) is 0 Å². The molecule has 0 radical (unpaired) electrons. The molecule has 8 nitrogen and oxygen atoms in total. The maximum absolute atomic E-state index is 13.5. The molecule has 2 aromatic rings. The summed E-state index contributed by atoms with van der Waals surface area (Å²) < 4.78 is 74.9. The van der Waals surface area contributed by atoms with E-state index in [1.807, 2.05) is 13.0 Å². The van der Waals surface area contributed by atoms with E-state index < -0.39 is 43.9 Å². The summed E-state index contributed by atoms with van der Waals surface area (Å²) in [6.45, 7) is 4.79. The average molecular weight is 527 g/mol. The number of aliphatic hydroxyl groups excluding tert-OH is 1. The summed E-state index contributed by atoms with van der Waals surface area (Å²) in [6, 6.07) is 8.58. The molecule has 11 heteroatoms. The lowest BCUT2D eigenvalue weighted by Crippen LogP contribution is -2.50. The minimum Gasteiger partial charge on any atom is -0.487 e. The smallest absolute Gasteiger partial charge is 0.247 e. The van der Waals surface area contributed by atoms with Gasteiger partial charge in [-0.2, -0.15) is 8.61 Å². The fraction of sp³-hybridized carbons (Fsp3) is 0.417. The van der Waals surface area contributed by atoms with E-state index in [0.29, 0.717) is 0 Å². The lowest BCUT2D eigenvalue weighted by Gasteiger charge is -2.37. The van der Waals surface area contributed by atoms with Crippen molar-refractivity contribution < 1.29 is 31.1 Å². The molecule has 192 valence electrons. The zero-order chi connectivity index (χ0) is 26.0. The minimum absolute atomic E-state index is 0.0230. The van der Waals surface area contributed by atoms with Crippen LogP contribution in [0.2, 0.25) is 0 Å². The molecule has 0 aliphatic carbocycles. The third-order valence-electron chi connectivity index (χ3n) is 6.01. The number of hydrogen-bond acceptors (Lipinski definition) is 6. The Morgan fingerprint density at radius 3 is 2.51 bits per heavy atom. The fourth-order valence-electron chi connectivity index (χ4n) is 3.89. The highest BCUT2D eigenvalue weighted by Crippen LogP contribution is 2.34. The average Bonchev–Trinajstić information content (AvgIpc) is 2.81. The summed E-state index contributed by atoms with van der Waals surface area (Å²) in [7, 11) is -6.54. The Morgan fingerprint density at radius 2 is 1.91 bits per heavy atom. The third kappa shape index (κ3) is 5.75. The first-order valence-electron chi connectivity index (χ1n) is 11.2. The number of allylic oxidation sites excluding steroid dienone is 1. The van der Waals surface area contributed by atoms with Crippen LogP contribution < -0.4 is 4.74 Å². The zero-order valence-electron chi connectivity index (χ0n) is 20.1. The van der Waals surface area contributed by atoms with Crippen LogP contribution in [0.5, 0.6) is 5.75 Å². The number of nitrogens with zero attached hydrogens (tertiary/aromatic N) is 2. The van der Waals surface area contributed by atoms with Crippen LogP contribution in [0.3, 0.4) is 0 Å². The Balaban J connectivity index is 2.04. The molecule has 0 aromatic heterocycles. The first-order valence-corrected chi connectivity index (χ1v) is 14.1. The first kappa shape index (κ1) is 27.3. The molecular formula is C24H31FN2O6S2. The number of hydrogen-bond donors (Lipinski definition) is 1. The van der Waals surface area contributed by atoms with Crippen molar-refractivity contribution in [3.05, 3.63) is 59.9 Å². The molecule has 1 N–H and O–H groups in total. The number of halogens is 1. The molecule has 0 fully saturated rings. The maximum Gasteiger partial charge on any atom is 0.247 e. The molecule has 0 bridgehead atoms. The van der Waals surface area contributed by atoms with Gasteiger partial charge in [0.1, 0.15) is 22.6 Å². The summed E-state index contributed by atoms with van der Waals surface area (Å²) in [5.41, 5.74) is 0.725. The first-order chi connectivity index (χ1) is 16.4. The third-order valence-corrected chi connectivity index (χ3v) is 9.87. The highest BCUT2D eigenvalue weighted by atomic mass is 32.2. The summed E-state index contributed by atoms with van der Waals surface area (Å²) >= 11 is 0. The van der Waals surface area contributed by atoms with Gasteiger partial charge in [0, 0.05) is 25.6 Å². The Labute approximate surface area is 206 Å². The maximum atomic E-state index is 13.5. The SMILES string of the molecule is CC=Cc1ccc2c(c1)O[C@H](CN(C)S(=O)(=O)c1ccc(F)cc1)[C@H](C)CN([C@@H](C)CO)S2(=O)=O. The molecule has 35 heavy (non-hydrogen) atoms. The molecule has 1 heterocycles. The fourth-order valence-corrected chi connectivity index (χ4v) is 6.90. The van der Waals surface area contributed by atoms with Gasteiger partial charge in [0.25, 0.3) is 0 Å². The van der Waals surface area contributed by atoms with Crippen LogP contribution in [0.4, 0.5) is 4.39 Å². The van der Waals surface area contributed by atoms with Crippen LogP contribution in [-0.2, 0) is 20.0 Å². The van der Waals surface area contributed by atoms with Crippen LogP contribution in [0.1, 0.15) is 26.3 Å². The molecule has 3 rings (SSSR count). The van der Waals surface area contributed by atoms with Crippen molar-refractivity contribution in [3.8, 4) is 5.75 Å². The van der Waals surface area contributed by atoms with Gasteiger partial charge in [-0.25, -0.2) is 21.2 Å². The van der Waals surface area contributed by atoms with Crippen molar-refractivity contribution in [2.75, 3.05) is 26.7 Å². The molecule has 0 saturated heterocycles. The van der Waals surface area contributed by atoms with Gasteiger partial charge in [-0.15, -0.1) is 0 Å². The monoisotopic (exact) mass is 526 g/mol. The zero-order valence-corrected chi connectivity index (χ0v) is 21.8. The van der Waals surface area contributed by atoms with Crippen molar-refractivity contribution in [2.24, 2.45) is 5.92 Å². The highest BCUT2D eigenvalue weighted by Gasteiger charge is 2.39. The molecular weight excluding hydrogens is 495 g/mol. The second kappa shape index (κ2) is 10.8. The van der Waals surface area contributed by atoms with Crippen molar-refractivity contribution in [2.45, 2.75) is 42.7 Å². The van der Waals surface area contributed by atoms with Gasteiger partial charge < -0.3 is 9.84 Å². The van der Waals surface area contributed by atoms with Crippen LogP contribution in [-0.4, -0.2) is 69.4 Å². The second-order valence-electron chi connectivity index (χ2n) is 8.69. The van der Waals surface area contributed by atoms with E-state index in [4.69, 9.17) is 4.74 Å². The van der Waals surface area contributed by atoms with E-state index in [1.165, 1.54) is 29.6 Å². The molecule has 0 unspecified atom stereocenters. The Kier molecular flexibility index (Phi) is 8.38. The van der Waals surface area contributed by atoms with Crippen LogP contribution in [0, 0.1) is 11.7 Å². The number of likely N-dealkylation sites (N-methyl/N-ethyl adjacent to an activating group) is 1. The summed E-state index contributed by atoms with van der Waals surface area (Å²) in [5, 5.41) is 9.73. The Hall–Kier alpha value is -2.31. The minimum atomic E-state index is -3.99.